The van der Waals surface area contributed by atoms with Crippen LogP contribution in [0.2, 0.25) is 0 Å². The highest BCUT2D eigenvalue weighted by atomic mass is 16.5. The first kappa shape index (κ1) is 11.8. The van der Waals surface area contributed by atoms with E-state index in [1.54, 1.807) is 6.07 Å². The van der Waals surface area contributed by atoms with Crippen molar-refractivity contribution in [2.75, 3.05) is 12.3 Å². The second kappa shape index (κ2) is 5.08. The van der Waals surface area contributed by atoms with Gasteiger partial charge in [-0.1, -0.05) is 6.07 Å². The Balaban J connectivity index is 1.76. The van der Waals surface area contributed by atoms with E-state index in [0.29, 0.717) is 24.8 Å². The smallest absolute Gasteiger partial charge is 0.223 e. The number of nitrogens with one attached hydrogen (secondary N) is 1. The molecule has 0 aromatic heterocycles. The van der Waals surface area contributed by atoms with Crippen LogP contribution in [0.15, 0.2) is 18.2 Å². The van der Waals surface area contributed by atoms with Gasteiger partial charge in [0.25, 0.3) is 0 Å². The van der Waals surface area contributed by atoms with Crippen molar-refractivity contribution in [3.63, 3.8) is 0 Å². The van der Waals surface area contributed by atoms with Crippen molar-refractivity contribution in [1.29, 1.82) is 0 Å². The molecule has 0 bridgehead atoms. The summed E-state index contributed by atoms with van der Waals surface area (Å²) >= 11 is 0. The maximum atomic E-state index is 11.4. The monoisotopic (exact) mass is 234 g/mol. The van der Waals surface area contributed by atoms with Crippen LogP contribution in [0.1, 0.15) is 24.8 Å². The summed E-state index contributed by atoms with van der Waals surface area (Å²) in [4.78, 5) is 11.4. The largest absolute Gasteiger partial charge is 0.493 e. The lowest BCUT2D eigenvalue weighted by Crippen LogP contribution is -2.26. The standard InChI is InChI=1S/C13H18N2O2/c1-9-2-3-10(14)8-12(9)17-7-6-13(16)15-11-4-5-11/h2-3,8,11H,4-7,14H2,1H3,(H,15,16). The molecule has 1 aromatic rings. The lowest BCUT2D eigenvalue weighted by Gasteiger charge is -2.09. The van der Waals surface area contributed by atoms with E-state index in [0.717, 1.165) is 24.2 Å². The average Bonchev–Trinajstić information content (AvgIpc) is 3.07. The van der Waals surface area contributed by atoms with Crippen LogP contribution in [0.3, 0.4) is 0 Å². The minimum absolute atomic E-state index is 0.0639. The van der Waals surface area contributed by atoms with Gasteiger partial charge in [-0.25, -0.2) is 0 Å². The molecule has 1 fully saturated rings. The van der Waals surface area contributed by atoms with Gasteiger partial charge in [-0.15, -0.1) is 0 Å². The maximum Gasteiger partial charge on any atom is 0.223 e. The van der Waals surface area contributed by atoms with Gasteiger partial charge in [0.1, 0.15) is 5.75 Å². The van der Waals surface area contributed by atoms with E-state index in [9.17, 15) is 4.79 Å². The third kappa shape index (κ3) is 3.66. The average molecular weight is 234 g/mol. The molecule has 17 heavy (non-hydrogen) atoms. The SMILES string of the molecule is Cc1ccc(N)cc1OCCC(=O)NC1CC1. The Morgan fingerprint density at radius 1 is 1.53 bits per heavy atom. The van der Waals surface area contributed by atoms with Crippen molar-refractivity contribution < 1.29 is 9.53 Å². The third-order valence-electron chi connectivity index (χ3n) is 2.74. The van der Waals surface area contributed by atoms with E-state index >= 15 is 0 Å². The zero-order valence-corrected chi connectivity index (χ0v) is 10.0. The molecule has 4 nitrogen and oxygen atoms in total. The Bertz CT molecular complexity index is 414. The number of benzene rings is 1. The van der Waals surface area contributed by atoms with Crippen LogP contribution in [0.4, 0.5) is 5.69 Å². The molecule has 0 atom stereocenters. The van der Waals surface area contributed by atoms with Gasteiger partial charge in [-0.05, 0) is 31.4 Å². The molecule has 3 N–H and O–H groups in total. The first-order chi connectivity index (χ1) is 8.15. The number of hydrogen-bond acceptors (Lipinski definition) is 3. The maximum absolute atomic E-state index is 11.4. The van der Waals surface area contributed by atoms with Gasteiger partial charge in [0.05, 0.1) is 13.0 Å². The quantitative estimate of drug-likeness (QED) is 0.761. The van der Waals surface area contributed by atoms with E-state index in [1.165, 1.54) is 0 Å². The van der Waals surface area contributed by atoms with Crippen LogP contribution >= 0.6 is 0 Å². The molecule has 0 spiro atoms. The van der Waals surface area contributed by atoms with Gasteiger partial charge < -0.3 is 15.8 Å². The van der Waals surface area contributed by atoms with E-state index < -0.39 is 0 Å². The number of carbonyl (C=O) groups excluding carboxylic acids is 1. The van der Waals surface area contributed by atoms with E-state index in [-0.39, 0.29) is 5.91 Å². The number of amides is 1. The highest BCUT2D eigenvalue weighted by molar-refractivity contribution is 5.76. The second-order valence-electron chi connectivity index (χ2n) is 4.47. The molecular formula is C13H18N2O2. The molecular weight excluding hydrogens is 216 g/mol. The van der Waals surface area contributed by atoms with Crippen molar-refractivity contribution in [2.45, 2.75) is 32.2 Å². The van der Waals surface area contributed by atoms with Gasteiger partial charge >= 0.3 is 0 Å². The molecule has 0 saturated heterocycles. The molecule has 1 aliphatic carbocycles. The zero-order chi connectivity index (χ0) is 12.3. The van der Waals surface area contributed by atoms with Crippen LogP contribution in [-0.4, -0.2) is 18.6 Å². The Hall–Kier alpha value is -1.71. The summed E-state index contributed by atoms with van der Waals surface area (Å²) in [6.45, 7) is 2.35. The number of hydrogen-bond donors (Lipinski definition) is 2. The number of nitrogen functional groups attached to an aromatic ring is 1. The van der Waals surface area contributed by atoms with Gasteiger partial charge in [0.2, 0.25) is 5.91 Å². The number of ether oxygens (including phenoxy) is 1. The fraction of sp³-hybridized carbons (Fsp3) is 0.462. The number of carbonyl (C=O) groups is 1. The van der Waals surface area contributed by atoms with Gasteiger partial charge in [-0.3, -0.25) is 4.79 Å². The van der Waals surface area contributed by atoms with Crippen LogP contribution in [0.5, 0.6) is 5.75 Å². The molecule has 2 rings (SSSR count). The third-order valence-corrected chi connectivity index (χ3v) is 2.74. The molecule has 0 aliphatic heterocycles. The molecule has 4 heteroatoms. The number of rotatable bonds is 5. The first-order valence-electron chi connectivity index (χ1n) is 5.93. The van der Waals surface area contributed by atoms with E-state index in [2.05, 4.69) is 5.32 Å². The van der Waals surface area contributed by atoms with Crippen molar-refractivity contribution in [2.24, 2.45) is 0 Å². The van der Waals surface area contributed by atoms with Gasteiger partial charge in [-0.2, -0.15) is 0 Å². The van der Waals surface area contributed by atoms with E-state index in [4.69, 9.17) is 10.5 Å². The summed E-state index contributed by atoms with van der Waals surface area (Å²) in [6.07, 6.45) is 2.62. The van der Waals surface area contributed by atoms with Crippen molar-refractivity contribution >= 4 is 11.6 Å². The molecule has 92 valence electrons. The first-order valence-corrected chi connectivity index (χ1v) is 5.93. The number of aryl methyl sites for hydroxylation is 1. The van der Waals surface area contributed by atoms with E-state index in [1.807, 2.05) is 19.1 Å². The highest BCUT2D eigenvalue weighted by Crippen LogP contribution is 2.21. The Morgan fingerprint density at radius 3 is 3.00 bits per heavy atom. The van der Waals surface area contributed by atoms with Gasteiger partial charge in [0.15, 0.2) is 0 Å². The summed E-state index contributed by atoms with van der Waals surface area (Å²) in [5.74, 6) is 0.818. The second-order valence-corrected chi connectivity index (χ2v) is 4.47. The van der Waals surface area contributed by atoms with Crippen molar-refractivity contribution in [3.8, 4) is 5.75 Å². The lowest BCUT2D eigenvalue weighted by molar-refractivity contribution is -0.121. The minimum atomic E-state index is 0.0639. The minimum Gasteiger partial charge on any atom is -0.493 e. The van der Waals surface area contributed by atoms with Crippen LogP contribution in [0, 0.1) is 6.92 Å². The fourth-order valence-corrected chi connectivity index (χ4v) is 1.55. The predicted octanol–water partition coefficient (Wildman–Crippen LogP) is 1.62. The molecule has 0 unspecified atom stereocenters. The molecule has 1 aliphatic rings. The van der Waals surface area contributed by atoms with Crippen LogP contribution in [-0.2, 0) is 4.79 Å². The zero-order valence-electron chi connectivity index (χ0n) is 10.0. The van der Waals surface area contributed by atoms with Crippen LogP contribution < -0.4 is 15.8 Å². The Morgan fingerprint density at radius 2 is 2.29 bits per heavy atom. The Kier molecular flexibility index (Phi) is 3.52. The Labute approximate surface area is 101 Å². The fourth-order valence-electron chi connectivity index (χ4n) is 1.55. The molecule has 1 aromatic carbocycles. The van der Waals surface area contributed by atoms with Gasteiger partial charge in [0, 0.05) is 17.8 Å². The lowest BCUT2D eigenvalue weighted by atomic mass is 10.2. The predicted molar refractivity (Wildman–Crippen MR) is 66.9 cm³/mol. The number of nitrogens with two attached hydrogens (primary N) is 1. The summed E-state index contributed by atoms with van der Waals surface area (Å²) in [6, 6.07) is 5.95. The summed E-state index contributed by atoms with van der Waals surface area (Å²) < 4.78 is 5.55. The van der Waals surface area contributed by atoms with Crippen LogP contribution in [0.25, 0.3) is 0 Å². The topological polar surface area (TPSA) is 64.3 Å². The number of anilines is 1. The molecule has 1 saturated carbocycles. The normalized spacial score (nSPS) is 14.4. The highest BCUT2D eigenvalue weighted by Gasteiger charge is 2.22. The summed E-state index contributed by atoms with van der Waals surface area (Å²) in [5.41, 5.74) is 7.38. The molecule has 0 heterocycles. The van der Waals surface area contributed by atoms with Crippen molar-refractivity contribution in [1.82, 2.24) is 5.32 Å². The summed E-state index contributed by atoms with van der Waals surface area (Å²) in [5, 5.41) is 2.92. The summed E-state index contributed by atoms with van der Waals surface area (Å²) in [7, 11) is 0. The molecule has 1 amide bonds. The van der Waals surface area contributed by atoms with Crippen molar-refractivity contribution in [3.05, 3.63) is 23.8 Å². The molecule has 0 radical (unpaired) electrons.